The minimum absolute atomic E-state index is 0.221. The van der Waals surface area contributed by atoms with Crippen LogP contribution < -0.4 is 0 Å². The largest absolute Gasteiger partial charge is 0.339 e. The van der Waals surface area contributed by atoms with Gasteiger partial charge in [0.15, 0.2) is 0 Å². The molecule has 1 fully saturated rings. The van der Waals surface area contributed by atoms with Crippen molar-refractivity contribution < 1.29 is 4.79 Å². The van der Waals surface area contributed by atoms with Crippen molar-refractivity contribution in [1.82, 2.24) is 4.90 Å². The molecule has 1 aliphatic heterocycles. The molecule has 0 spiro atoms. The fourth-order valence-corrected chi connectivity index (χ4v) is 3.57. The summed E-state index contributed by atoms with van der Waals surface area (Å²) in [4.78, 5) is 14.6. The van der Waals surface area contributed by atoms with Gasteiger partial charge in [0, 0.05) is 18.7 Å². The maximum atomic E-state index is 12.6. The Morgan fingerprint density at radius 1 is 1.10 bits per heavy atom. The monoisotopic (exact) mass is 283 g/mol. The molecule has 1 aromatic carbocycles. The van der Waals surface area contributed by atoms with Crippen molar-refractivity contribution in [2.45, 2.75) is 50.9 Å². The Balaban J connectivity index is 1.65. The predicted octanol–water partition coefficient (Wildman–Crippen LogP) is 4.07. The molecule has 1 aliphatic carbocycles. The number of likely N-dealkylation sites (tertiary alicyclic amines) is 1. The van der Waals surface area contributed by atoms with Gasteiger partial charge in [-0.2, -0.15) is 0 Å². The van der Waals surface area contributed by atoms with Crippen LogP contribution in [0, 0.1) is 0 Å². The summed E-state index contributed by atoms with van der Waals surface area (Å²) in [5.74, 6) is 0.296. The number of carbonyl (C=O) groups excluding carboxylic acids is 1. The number of allylic oxidation sites excluding steroid dienone is 1. The lowest BCUT2D eigenvalue weighted by Crippen LogP contribution is -2.44. The van der Waals surface area contributed by atoms with Gasteiger partial charge in [-0.25, -0.2) is 0 Å². The Morgan fingerprint density at radius 2 is 1.81 bits per heavy atom. The molecule has 2 nitrogen and oxygen atoms in total. The van der Waals surface area contributed by atoms with Crippen molar-refractivity contribution in [3.05, 3.63) is 47.5 Å². The van der Waals surface area contributed by atoms with E-state index in [1.807, 2.05) is 0 Å². The fraction of sp³-hybridized carbons (Fsp3) is 0.526. The Morgan fingerprint density at radius 3 is 2.43 bits per heavy atom. The van der Waals surface area contributed by atoms with Gasteiger partial charge in [-0.1, -0.05) is 43.3 Å². The number of hydrogen-bond donors (Lipinski definition) is 0. The van der Waals surface area contributed by atoms with E-state index in [0.717, 1.165) is 44.3 Å². The molecule has 2 aliphatic rings. The average Bonchev–Trinajstić information content (AvgIpc) is 2.57. The highest BCUT2D eigenvalue weighted by Gasteiger charge is 2.33. The number of rotatable bonds is 2. The van der Waals surface area contributed by atoms with E-state index < -0.39 is 0 Å². The second kappa shape index (κ2) is 6.05. The van der Waals surface area contributed by atoms with Crippen LogP contribution >= 0.6 is 0 Å². The molecule has 0 N–H and O–H groups in total. The third-order valence-electron chi connectivity index (χ3n) is 5.19. The Bertz CT molecular complexity index is 524. The van der Waals surface area contributed by atoms with Gasteiger partial charge in [0.25, 0.3) is 0 Å². The van der Waals surface area contributed by atoms with Crippen molar-refractivity contribution >= 4 is 5.91 Å². The van der Waals surface area contributed by atoms with E-state index in [4.69, 9.17) is 0 Å². The lowest BCUT2D eigenvalue weighted by Gasteiger charge is -2.40. The third kappa shape index (κ3) is 3.04. The molecule has 0 atom stereocenters. The SMILES string of the molecule is CC1(c2ccccc2)CCN(C(=O)C2=CCCCC2)CC1. The van der Waals surface area contributed by atoms with Crippen molar-refractivity contribution in [3.63, 3.8) is 0 Å². The zero-order valence-electron chi connectivity index (χ0n) is 13.0. The summed E-state index contributed by atoms with van der Waals surface area (Å²) >= 11 is 0. The van der Waals surface area contributed by atoms with Crippen LogP contribution in [0.4, 0.5) is 0 Å². The van der Waals surface area contributed by atoms with Gasteiger partial charge in [0.1, 0.15) is 0 Å². The zero-order chi connectivity index (χ0) is 14.7. The van der Waals surface area contributed by atoms with E-state index >= 15 is 0 Å². The molecule has 1 heterocycles. The van der Waals surface area contributed by atoms with Crippen molar-refractivity contribution in [3.8, 4) is 0 Å². The second-order valence-electron chi connectivity index (χ2n) is 6.69. The zero-order valence-corrected chi connectivity index (χ0v) is 13.0. The maximum Gasteiger partial charge on any atom is 0.249 e. The maximum absolute atomic E-state index is 12.6. The molecule has 0 saturated carbocycles. The molecule has 1 saturated heterocycles. The summed E-state index contributed by atoms with van der Waals surface area (Å²) in [6.07, 6.45) is 8.76. The van der Waals surface area contributed by atoms with Crippen LogP contribution in [0.5, 0.6) is 0 Å². The molecule has 1 amide bonds. The van der Waals surface area contributed by atoms with Crippen molar-refractivity contribution in [2.75, 3.05) is 13.1 Å². The van der Waals surface area contributed by atoms with E-state index in [1.54, 1.807) is 0 Å². The molecule has 0 radical (unpaired) electrons. The number of amides is 1. The quantitative estimate of drug-likeness (QED) is 0.801. The molecule has 0 unspecified atom stereocenters. The van der Waals surface area contributed by atoms with Gasteiger partial charge in [-0.15, -0.1) is 0 Å². The summed E-state index contributed by atoms with van der Waals surface area (Å²) in [6, 6.07) is 10.7. The number of nitrogens with zero attached hydrogens (tertiary/aromatic N) is 1. The van der Waals surface area contributed by atoms with Crippen LogP contribution in [0.1, 0.15) is 51.0 Å². The van der Waals surface area contributed by atoms with E-state index in [1.165, 1.54) is 18.4 Å². The highest BCUT2D eigenvalue weighted by molar-refractivity contribution is 5.93. The molecule has 0 aromatic heterocycles. The highest BCUT2D eigenvalue weighted by atomic mass is 16.2. The minimum atomic E-state index is 0.221. The van der Waals surface area contributed by atoms with Crippen LogP contribution in [-0.4, -0.2) is 23.9 Å². The van der Waals surface area contributed by atoms with E-state index in [0.29, 0.717) is 5.91 Å². The predicted molar refractivity (Wildman–Crippen MR) is 86.2 cm³/mol. The van der Waals surface area contributed by atoms with Gasteiger partial charge in [0.05, 0.1) is 0 Å². The highest BCUT2D eigenvalue weighted by Crippen LogP contribution is 2.35. The number of benzene rings is 1. The fourth-order valence-electron chi connectivity index (χ4n) is 3.57. The van der Waals surface area contributed by atoms with Gasteiger partial charge < -0.3 is 4.90 Å². The van der Waals surface area contributed by atoms with E-state index in [2.05, 4.69) is 48.2 Å². The smallest absolute Gasteiger partial charge is 0.249 e. The first-order valence-electron chi connectivity index (χ1n) is 8.23. The minimum Gasteiger partial charge on any atom is -0.339 e. The van der Waals surface area contributed by atoms with Gasteiger partial charge in [0.2, 0.25) is 5.91 Å². The molecule has 0 bridgehead atoms. The Kier molecular flexibility index (Phi) is 4.14. The molecule has 21 heavy (non-hydrogen) atoms. The summed E-state index contributed by atoms with van der Waals surface area (Å²) in [5.41, 5.74) is 2.69. The van der Waals surface area contributed by atoms with Crippen LogP contribution in [0.15, 0.2) is 42.0 Å². The molecule has 112 valence electrons. The number of hydrogen-bond acceptors (Lipinski definition) is 1. The normalized spacial score (nSPS) is 21.8. The van der Waals surface area contributed by atoms with E-state index in [-0.39, 0.29) is 5.41 Å². The molecular formula is C19H25NO. The first kappa shape index (κ1) is 14.4. The van der Waals surface area contributed by atoms with E-state index in [9.17, 15) is 4.79 Å². The molecule has 1 aromatic rings. The topological polar surface area (TPSA) is 20.3 Å². The average molecular weight is 283 g/mol. The van der Waals surface area contributed by atoms with Crippen molar-refractivity contribution in [2.24, 2.45) is 0 Å². The van der Waals surface area contributed by atoms with Gasteiger partial charge in [-0.3, -0.25) is 4.79 Å². The second-order valence-corrected chi connectivity index (χ2v) is 6.69. The van der Waals surface area contributed by atoms with Crippen LogP contribution in [0.2, 0.25) is 0 Å². The Hall–Kier alpha value is -1.57. The van der Waals surface area contributed by atoms with Crippen LogP contribution in [0.25, 0.3) is 0 Å². The lowest BCUT2D eigenvalue weighted by atomic mass is 9.74. The van der Waals surface area contributed by atoms with Crippen LogP contribution in [-0.2, 0) is 10.2 Å². The summed E-state index contributed by atoms with van der Waals surface area (Å²) in [5, 5.41) is 0. The Labute approximate surface area is 127 Å². The lowest BCUT2D eigenvalue weighted by molar-refractivity contribution is -0.128. The molecule has 3 rings (SSSR count). The summed E-state index contributed by atoms with van der Waals surface area (Å²) in [6.45, 7) is 4.12. The van der Waals surface area contributed by atoms with Crippen LogP contribution in [0.3, 0.4) is 0 Å². The summed E-state index contributed by atoms with van der Waals surface area (Å²) in [7, 11) is 0. The summed E-state index contributed by atoms with van der Waals surface area (Å²) < 4.78 is 0. The number of piperidine rings is 1. The number of carbonyl (C=O) groups is 1. The third-order valence-corrected chi connectivity index (χ3v) is 5.19. The standard InChI is InChI=1S/C19H25NO/c1-19(17-10-6-3-7-11-17)12-14-20(15-13-19)18(21)16-8-4-2-5-9-16/h3,6-8,10-11H,2,4-5,9,12-15H2,1H3. The first-order valence-corrected chi connectivity index (χ1v) is 8.23. The van der Waals surface area contributed by atoms with Gasteiger partial charge in [-0.05, 0) is 49.5 Å². The molecule has 2 heteroatoms. The van der Waals surface area contributed by atoms with Gasteiger partial charge >= 0.3 is 0 Å². The molecular weight excluding hydrogens is 258 g/mol. The van der Waals surface area contributed by atoms with Crippen molar-refractivity contribution in [1.29, 1.82) is 0 Å². The first-order chi connectivity index (χ1) is 10.2.